The zero-order chi connectivity index (χ0) is 18.5. The molecule has 1 aromatic heterocycles. The third kappa shape index (κ3) is 4.74. The number of nitrogens with zero attached hydrogens (tertiary/aromatic N) is 2. The van der Waals surface area contributed by atoms with E-state index >= 15 is 0 Å². The molecular weight excluding hydrogens is 414 g/mol. The summed E-state index contributed by atoms with van der Waals surface area (Å²) in [6.45, 7) is 2.55. The molecule has 134 valence electrons. The van der Waals surface area contributed by atoms with E-state index in [1.165, 1.54) is 21.4 Å². The van der Waals surface area contributed by atoms with Crippen molar-refractivity contribution in [2.75, 3.05) is 12.3 Å². The molecule has 7 heteroatoms. The van der Waals surface area contributed by atoms with Gasteiger partial charge in [-0.25, -0.2) is 4.98 Å². The van der Waals surface area contributed by atoms with Gasteiger partial charge in [-0.3, -0.25) is 14.2 Å². The molecule has 0 saturated heterocycles. The summed E-state index contributed by atoms with van der Waals surface area (Å²) < 4.78 is 2.14. The van der Waals surface area contributed by atoms with Crippen LogP contribution in [0.1, 0.15) is 5.56 Å². The molecule has 3 rings (SSSR count). The maximum atomic E-state index is 12.5. The predicted octanol–water partition coefficient (Wildman–Crippen LogP) is 3.38. The fourth-order valence-corrected chi connectivity index (χ4v) is 3.58. The Balaban J connectivity index is 1.55. The van der Waals surface area contributed by atoms with Gasteiger partial charge in [-0.15, -0.1) is 11.8 Å². The number of carbonyl (C=O) groups is 1. The fraction of sp³-hybridized carbons (Fsp3) is 0.211. The summed E-state index contributed by atoms with van der Waals surface area (Å²) in [5.74, 6) is 0.569. The van der Waals surface area contributed by atoms with Gasteiger partial charge in [-0.2, -0.15) is 0 Å². The van der Waals surface area contributed by atoms with Crippen LogP contribution in [0.3, 0.4) is 0 Å². The molecule has 0 fully saturated rings. The first-order valence-corrected chi connectivity index (χ1v) is 9.91. The van der Waals surface area contributed by atoms with Gasteiger partial charge in [0.15, 0.2) is 0 Å². The van der Waals surface area contributed by atoms with Crippen molar-refractivity contribution in [2.45, 2.75) is 18.4 Å². The molecule has 0 aliphatic rings. The molecule has 0 bridgehead atoms. The van der Waals surface area contributed by atoms with E-state index in [9.17, 15) is 9.59 Å². The summed E-state index contributed by atoms with van der Waals surface area (Å²) in [5, 5.41) is 3.33. The molecule has 5 nitrogen and oxygen atoms in total. The van der Waals surface area contributed by atoms with Crippen LogP contribution in [-0.4, -0.2) is 27.8 Å². The molecule has 1 heterocycles. The molecule has 0 saturated carbocycles. The molecule has 1 N–H and O–H groups in total. The lowest BCUT2D eigenvalue weighted by atomic mass is 10.2. The molecule has 0 atom stereocenters. The van der Waals surface area contributed by atoms with Gasteiger partial charge in [-0.05, 0) is 37.3 Å². The minimum Gasteiger partial charge on any atom is -0.354 e. The van der Waals surface area contributed by atoms with Gasteiger partial charge in [-0.1, -0.05) is 33.6 Å². The number of hydrogen-bond acceptors (Lipinski definition) is 4. The van der Waals surface area contributed by atoms with E-state index in [1.807, 2.05) is 6.07 Å². The number of halogens is 1. The Morgan fingerprint density at radius 3 is 2.77 bits per heavy atom. The van der Waals surface area contributed by atoms with Gasteiger partial charge < -0.3 is 5.32 Å². The Morgan fingerprint density at radius 2 is 2.00 bits per heavy atom. The second-order valence-corrected chi connectivity index (χ2v) is 7.93. The molecule has 0 radical (unpaired) electrons. The maximum absolute atomic E-state index is 12.5. The highest BCUT2D eigenvalue weighted by atomic mass is 79.9. The van der Waals surface area contributed by atoms with Crippen LogP contribution < -0.4 is 10.9 Å². The van der Waals surface area contributed by atoms with Crippen molar-refractivity contribution in [1.29, 1.82) is 0 Å². The van der Waals surface area contributed by atoms with Crippen LogP contribution in [0.5, 0.6) is 0 Å². The quantitative estimate of drug-likeness (QED) is 0.479. The summed E-state index contributed by atoms with van der Waals surface area (Å²) in [7, 11) is 0. The number of benzene rings is 2. The summed E-state index contributed by atoms with van der Waals surface area (Å²) in [4.78, 5) is 30.0. The number of fused-ring (bicyclic) bond motifs is 1. The number of nitrogens with one attached hydrogen (secondary N) is 1. The number of aromatic nitrogens is 2. The monoisotopic (exact) mass is 431 g/mol. The lowest BCUT2D eigenvalue weighted by Crippen LogP contribution is -2.33. The third-order valence-corrected chi connectivity index (χ3v) is 5.32. The van der Waals surface area contributed by atoms with Crippen LogP contribution in [0.15, 0.2) is 63.0 Å². The van der Waals surface area contributed by atoms with Crippen molar-refractivity contribution in [3.05, 3.63) is 69.2 Å². The molecule has 26 heavy (non-hydrogen) atoms. The van der Waals surface area contributed by atoms with Crippen LogP contribution >= 0.6 is 27.7 Å². The van der Waals surface area contributed by atoms with Gasteiger partial charge in [0.25, 0.3) is 5.56 Å². The molecule has 3 aromatic rings. The van der Waals surface area contributed by atoms with Gasteiger partial charge in [0.05, 0.1) is 17.2 Å². The minimum absolute atomic E-state index is 0.0382. The minimum atomic E-state index is -0.222. The number of amides is 1. The molecule has 0 spiro atoms. The Morgan fingerprint density at radius 1 is 1.23 bits per heavy atom. The van der Waals surface area contributed by atoms with E-state index in [0.717, 1.165) is 10.2 Å². The highest BCUT2D eigenvalue weighted by Gasteiger charge is 2.08. The molecular formula is C19H18BrN3O2S. The normalized spacial score (nSPS) is 10.8. The van der Waals surface area contributed by atoms with E-state index in [4.69, 9.17) is 0 Å². The fourth-order valence-electron chi connectivity index (χ4n) is 2.45. The number of carbonyl (C=O) groups excluding carboxylic acids is 1. The Labute approximate surface area is 164 Å². The highest BCUT2D eigenvalue weighted by Crippen LogP contribution is 2.17. The third-order valence-electron chi connectivity index (χ3n) is 3.81. The average molecular weight is 432 g/mol. The van der Waals surface area contributed by atoms with Gasteiger partial charge in [0, 0.05) is 21.7 Å². The molecule has 2 aromatic carbocycles. The Bertz CT molecular complexity index is 986. The SMILES string of the molecule is Cc1ccc(SCCNC(=O)Cn2cnc3ccc(Br)cc3c2=O)cc1. The van der Waals surface area contributed by atoms with Gasteiger partial charge in [0.2, 0.25) is 5.91 Å². The summed E-state index contributed by atoms with van der Waals surface area (Å²) in [6, 6.07) is 13.6. The largest absolute Gasteiger partial charge is 0.354 e. The van der Waals surface area contributed by atoms with Crippen molar-refractivity contribution < 1.29 is 4.79 Å². The lowest BCUT2D eigenvalue weighted by molar-refractivity contribution is -0.121. The van der Waals surface area contributed by atoms with E-state index in [2.05, 4.69) is 57.4 Å². The topological polar surface area (TPSA) is 64.0 Å². The second kappa shape index (κ2) is 8.51. The first-order valence-electron chi connectivity index (χ1n) is 8.14. The summed E-state index contributed by atoms with van der Waals surface area (Å²) in [5.41, 5.74) is 1.62. The van der Waals surface area contributed by atoms with Crippen molar-refractivity contribution >= 4 is 44.5 Å². The van der Waals surface area contributed by atoms with Crippen molar-refractivity contribution in [1.82, 2.24) is 14.9 Å². The first kappa shape index (κ1) is 18.7. The van der Waals surface area contributed by atoms with Gasteiger partial charge >= 0.3 is 0 Å². The number of thioether (sulfide) groups is 1. The zero-order valence-electron chi connectivity index (χ0n) is 14.2. The van der Waals surface area contributed by atoms with Crippen LogP contribution in [0.2, 0.25) is 0 Å². The smallest absolute Gasteiger partial charge is 0.261 e. The van der Waals surface area contributed by atoms with Crippen molar-refractivity contribution in [2.24, 2.45) is 0 Å². The number of hydrogen-bond donors (Lipinski definition) is 1. The first-order chi connectivity index (χ1) is 12.5. The summed E-state index contributed by atoms with van der Waals surface area (Å²) >= 11 is 5.03. The molecule has 0 aliphatic heterocycles. The number of aryl methyl sites for hydroxylation is 1. The molecule has 0 aliphatic carbocycles. The molecule has 1 amide bonds. The van der Waals surface area contributed by atoms with Crippen LogP contribution in [-0.2, 0) is 11.3 Å². The van der Waals surface area contributed by atoms with E-state index < -0.39 is 0 Å². The number of rotatable bonds is 6. The van der Waals surface area contributed by atoms with E-state index in [-0.39, 0.29) is 18.0 Å². The zero-order valence-corrected chi connectivity index (χ0v) is 16.6. The maximum Gasteiger partial charge on any atom is 0.261 e. The summed E-state index contributed by atoms with van der Waals surface area (Å²) in [6.07, 6.45) is 1.42. The molecule has 0 unspecified atom stereocenters. The van der Waals surface area contributed by atoms with Crippen LogP contribution in [0.25, 0.3) is 10.9 Å². The van der Waals surface area contributed by atoms with Crippen molar-refractivity contribution in [3.8, 4) is 0 Å². The predicted molar refractivity (Wildman–Crippen MR) is 109 cm³/mol. The van der Waals surface area contributed by atoms with Crippen LogP contribution in [0, 0.1) is 6.92 Å². The van der Waals surface area contributed by atoms with Crippen molar-refractivity contribution in [3.63, 3.8) is 0 Å². The standard InChI is InChI=1S/C19H18BrN3O2S/c1-13-2-5-15(6-3-13)26-9-8-21-18(24)11-23-12-22-17-7-4-14(20)10-16(17)19(23)25/h2-7,10,12H,8-9,11H2,1H3,(H,21,24). The lowest BCUT2D eigenvalue weighted by Gasteiger charge is -2.08. The van der Waals surface area contributed by atoms with Gasteiger partial charge in [0.1, 0.15) is 6.54 Å². The second-order valence-electron chi connectivity index (χ2n) is 5.85. The van der Waals surface area contributed by atoms with E-state index in [0.29, 0.717) is 17.4 Å². The Kier molecular flexibility index (Phi) is 6.11. The van der Waals surface area contributed by atoms with E-state index in [1.54, 1.807) is 23.9 Å². The van der Waals surface area contributed by atoms with Crippen LogP contribution in [0.4, 0.5) is 0 Å². The Hall–Kier alpha value is -2.12. The highest BCUT2D eigenvalue weighted by molar-refractivity contribution is 9.10. The average Bonchev–Trinajstić information content (AvgIpc) is 2.63.